The number of alkyl halides is 1. The van der Waals surface area contributed by atoms with Crippen LogP contribution in [0.5, 0.6) is 0 Å². The summed E-state index contributed by atoms with van der Waals surface area (Å²) in [5.41, 5.74) is 2.76. The van der Waals surface area contributed by atoms with Crippen molar-refractivity contribution in [2.45, 2.75) is 22.7 Å². The van der Waals surface area contributed by atoms with E-state index in [1.807, 2.05) is 11.8 Å². The number of fused-ring (bicyclic) bond motifs is 1. The minimum Gasteiger partial charge on any atom is -0.308 e. The van der Waals surface area contributed by atoms with E-state index < -0.39 is 0 Å². The van der Waals surface area contributed by atoms with E-state index >= 15 is 0 Å². The third-order valence-corrected chi connectivity index (χ3v) is 5.07. The average molecular weight is 304 g/mol. The molecule has 20 heavy (non-hydrogen) atoms. The molecule has 0 fully saturated rings. The van der Waals surface area contributed by atoms with E-state index in [9.17, 15) is 0 Å². The molecule has 0 heterocycles. The summed E-state index contributed by atoms with van der Waals surface area (Å²) in [6.07, 6.45) is 0.973. The van der Waals surface area contributed by atoms with Crippen molar-refractivity contribution in [1.29, 1.82) is 0 Å². The minimum atomic E-state index is 0.175. The van der Waals surface area contributed by atoms with Crippen molar-refractivity contribution >= 4 is 23.4 Å². The molecule has 3 rings (SSSR count). The van der Waals surface area contributed by atoms with Crippen LogP contribution in [0, 0.1) is 0 Å². The number of benzene rings is 2. The Bertz CT molecular complexity index is 558. The number of hydrogen-bond donors (Lipinski definition) is 1. The molecule has 1 aliphatic rings. The van der Waals surface area contributed by atoms with Crippen molar-refractivity contribution in [2.24, 2.45) is 0 Å². The molecule has 0 bridgehead atoms. The summed E-state index contributed by atoms with van der Waals surface area (Å²) in [5, 5.41) is 3.78. The Morgan fingerprint density at radius 1 is 1.05 bits per heavy atom. The van der Waals surface area contributed by atoms with E-state index in [0.717, 1.165) is 18.7 Å². The molecule has 0 aliphatic heterocycles. The Morgan fingerprint density at radius 3 is 2.65 bits per heavy atom. The van der Waals surface area contributed by atoms with Crippen LogP contribution in [0.2, 0.25) is 0 Å². The van der Waals surface area contributed by atoms with Crippen molar-refractivity contribution < 1.29 is 0 Å². The summed E-state index contributed by atoms with van der Waals surface area (Å²) in [7, 11) is 0. The van der Waals surface area contributed by atoms with Gasteiger partial charge in [-0.25, -0.2) is 0 Å². The molecule has 1 aliphatic carbocycles. The normalized spacial score (nSPS) is 20.9. The topological polar surface area (TPSA) is 12.0 Å². The molecule has 104 valence electrons. The van der Waals surface area contributed by atoms with Crippen molar-refractivity contribution in [1.82, 2.24) is 5.32 Å². The molecule has 0 amide bonds. The largest absolute Gasteiger partial charge is 0.308 e. The molecule has 1 nitrogen and oxygen atoms in total. The van der Waals surface area contributed by atoms with Gasteiger partial charge in [0.2, 0.25) is 0 Å². The number of hydrogen-bond acceptors (Lipinski definition) is 2. The van der Waals surface area contributed by atoms with Crippen LogP contribution in [-0.2, 0) is 6.42 Å². The highest BCUT2D eigenvalue weighted by atomic mass is 35.5. The fourth-order valence-electron chi connectivity index (χ4n) is 2.68. The van der Waals surface area contributed by atoms with Gasteiger partial charge in [-0.05, 0) is 29.7 Å². The van der Waals surface area contributed by atoms with Gasteiger partial charge in [0, 0.05) is 23.2 Å². The molecule has 0 radical (unpaired) electrons. The van der Waals surface area contributed by atoms with E-state index in [4.69, 9.17) is 11.6 Å². The molecule has 0 saturated heterocycles. The Balaban J connectivity index is 1.52. The van der Waals surface area contributed by atoms with Gasteiger partial charge in [0.25, 0.3) is 0 Å². The van der Waals surface area contributed by atoms with E-state index in [1.165, 1.54) is 16.0 Å². The van der Waals surface area contributed by atoms with Crippen molar-refractivity contribution in [3.8, 4) is 0 Å². The van der Waals surface area contributed by atoms with Gasteiger partial charge in [-0.15, -0.1) is 23.4 Å². The zero-order chi connectivity index (χ0) is 13.8. The van der Waals surface area contributed by atoms with Gasteiger partial charge in [-0.2, -0.15) is 0 Å². The Labute approximate surface area is 129 Å². The van der Waals surface area contributed by atoms with Crippen LogP contribution in [0.3, 0.4) is 0 Å². The highest BCUT2D eigenvalue weighted by Gasteiger charge is 2.29. The summed E-state index contributed by atoms with van der Waals surface area (Å²) in [5.74, 6) is 1.06. The molecule has 2 unspecified atom stereocenters. The second kappa shape index (κ2) is 6.66. The summed E-state index contributed by atoms with van der Waals surface area (Å²) in [4.78, 5) is 1.32. The van der Waals surface area contributed by atoms with Gasteiger partial charge in [0.15, 0.2) is 0 Å². The fraction of sp³-hybridized carbons (Fsp3) is 0.294. The van der Waals surface area contributed by atoms with E-state index in [2.05, 4.69) is 59.9 Å². The maximum atomic E-state index is 6.47. The van der Waals surface area contributed by atoms with Crippen molar-refractivity contribution in [3.05, 3.63) is 65.7 Å². The monoisotopic (exact) mass is 303 g/mol. The predicted octanol–water partition coefficient (Wildman–Crippen LogP) is 4.27. The lowest BCUT2D eigenvalue weighted by molar-refractivity contribution is 0.558. The Kier molecular flexibility index (Phi) is 4.66. The van der Waals surface area contributed by atoms with Crippen LogP contribution in [0.15, 0.2) is 59.5 Å². The van der Waals surface area contributed by atoms with Crippen LogP contribution in [-0.4, -0.2) is 17.7 Å². The first kappa shape index (κ1) is 14.0. The first-order valence-corrected chi connectivity index (χ1v) is 8.40. The minimum absolute atomic E-state index is 0.175. The molecule has 0 spiro atoms. The van der Waals surface area contributed by atoms with Crippen LogP contribution < -0.4 is 5.32 Å². The third kappa shape index (κ3) is 3.20. The molecular weight excluding hydrogens is 286 g/mol. The van der Waals surface area contributed by atoms with Crippen molar-refractivity contribution in [2.75, 3.05) is 12.3 Å². The van der Waals surface area contributed by atoms with Crippen molar-refractivity contribution in [3.63, 3.8) is 0 Å². The Morgan fingerprint density at radius 2 is 1.80 bits per heavy atom. The molecule has 3 heteroatoms. The molecule has 2 atom stereocenters. The lowest BCUT2D eigenvalue weighted by atomic mass is 10.1. The summed E-state index contributed by atoms with van der Waals surface area (Å²) < 4.78 is 0. The maximum absolute atomic E-state index is 6.47. The first-order valence-electron chi connectivity index (χ1n) is 6.98. The molecule has 0 saturated carbocycles. The second-order valence-corrected chi connectivity index (χ2v) is 6.74. The van der Waals surface area contributed by atoms with Gasteiger partial charge in [-0.1, -0.05) is 42.5 Å². The van der Waals surface area contributed by atoms with Gasteiger partial charge in [0.05, 0.1) is 5.38 Å². The summed E-state index contributed by atoms with van der Waals surface area (Å²) in [6, 6.07) is 19.4. The van der Waals surface area contributed by atoms with Gasteiger partial charge in [0.1, 0.15) is 0 Å². The summed E-state index contributed by atoms with van der Waals surface area (Å²) >= 11 is 8.35. The molecule has 2 aromatic carbocycles. The second-order valence-electron chi connectivity index (χ2n) is 5.01. The molecular formula is C17H18ClNS. The summed E-state index contributed by atoms with van der Waals surface area (Å²) in [6.45, 7) is 0.974. The number of halogens is 1. The highest BCUT2D eigenvalue weighted by molar-refractivity contribution is 7.99. The van der Waals surface area contributed by atoms with Crippen LogP contribution in [0.1, 0.15) is 17.2 Å². The smallest absolute Gasteiger partial charge is 0.0571 e. The maximum Gasteiger partial charge on any atom is 0.0571 e. The quantitative estimate of drug-likeness (QED) is 0.503. The van der Waals surface area contributed by atoms with E-state index in [0.29, 0.717) is 6.04 Å². The standard InChI is InChI=1S/C17H18ClNS/c18-16-12-13-6-4-5-9-15(13)17(16)19-10-11-20-14-7-2-1-3-8-14/h1-9,16-17,19H,10-12H2. The van der Waals surface area contributed by atoms with Gasteiger partial charge in [-0.3, -0.25) is 0 Å². The predicted molar refractivity (Wildman–Crippen MR) is 87.7 cm³/mol. The SMILES string of the molecule is ClC1Cc2ccccc2C1NCCSc1ccccc1. The molecule has 0 aromatic heterocycles. The van der Waals surface area contributed by atoms with Gasteiger partial charge < -0.3 is 5.32 Å². The highest BCUT2D eigenvalue weighted by Crippen LogP contribution is 2.34. The van der Waals surface area contributed by atoms with E-state index in [-0.39, 0.29) is 5.38 Å². The van der Waals surface area contributed by atoms with Crippen LogP contribution >= 0.6 is 23.4 Å². The fourth-order valence-corrected chi connectivity index (χ4v) is 3.88. The van der Waals surface area contributed by atoms with E-state index in [1.54, 1.807) is 0 Å². The molecule has 2 aromatic rings. The zero-order valence-electron chi connectivity index (χ0n) is 11.3. The Hall–Kier alpha value is -0.960. The number of nitrogens with one attached hydrogen (secondary N) is 1. The average Bonchev–Trinajstić information content (AvgIpc) is 2.80. The number of rotatable bonds is 5. The van der Waals surface area contributed by atoms with Gasteiger partial charge >= 0.3 is 0 Å². The van der Waals surface area contributed by atoms with Crippen LogP contribution in [0.4, 0.5) is 0 Å². The lowest BCUT2D eigenvalue weighted by Crippen LogP contribution is -2.27. The third-order valence-electron chi connectivity index (χ3n) is 3.65. The first-order chi connectivity index (χ1) is 9.84. The number of thioether (sulfide) groups is 1. The molecule has 1 N–H and O–H groups in total. The van der Waals surface area contributed by atoms with Crippen LogP contribution in [0.25, 0.3) is 0 Å². The zero-order valence-corrected chi connectivity index (χ0v) is 12.8. The lowest BCUT2D eigenvalue weighted by Gasteiger charge is -2.17.